The summed E-state index contributed by atoms with van der Waals surface area (Å²) in [6, 6.07) is 0.460. The maximum Gasteiger partial charge on any atom is 0.183 e. The quantitative estimate of drug-likeness (QED) is 0.633. The number of alkyl halides is 1. The second-order valence-corrected chi connectivity index (χ2v) is 2.95. The van der Waals surface area contributed by atoms with Crippen LogP contribution < -0.4 is 0 Å². The molecule has 2 nitrogen and oxygen atoms in total. The van der Waals surface area contributed by atoms with Crippen LogP contribution in [0.15, 0.2) is 4.99 Å². The van der Waals surface area contributed by atoms with Crippen molar-refractivity contribution in [2.75, 3.05) is 11.9 Å². The van der Waals surface area contributed by atoms with E-state index in [1.807, 2.05) is 6.92 Å². The summed E-state index contributed by atoms with van der Waals surface area (Å²) >= 11 is 3.39. The average molecular weight is 206 g/mol. The Balaban J connectivity index is 2.33. The van der Waals surface area contributed by atoms with Crippen LogP contribution in [0, 0.1) is 0 Å². The van der Waals surface area contributed by atoms with Crippen LogP contribution in [-0.2, 0) is 4.74 Å². The van der Waals surface area contributed by atoms with Gasteiger partial charge in [0.15, 0.2) is 5.90 Å². The van der Waals surface area contributed by atoms with Gasteiger partial charge >= 0.3 is 0 Å². The van der Waals surface area contributed by atoms with Gasteiger partial charge in [0.1, 0.15) is 0 Å². The lowest BCUT2D eigenvalue weighted by atomic mass is 10.2. The normalized spacial score (nSPS) is 24.6. The highest BCUT2D eigenvalue weighted by Gasteiger charge is 2.16. The highest BCUT2D eigenvalue weighted by Crippen LogP contribution is 2.15. The highest BCUT2D eigenvalue weighted by atomic mass is 79.9. The molecule has 0 amide bonds. The van der Waals surface area contributed by atoms with E-state index >= 15 is 0 Å². The average Bonchev–Trinajstić information content (AvgIpc) is 2.37. The number of hydrogen-bond acceptors (Lipinski definition) is 2. The third-order valence-corrected chi connectivity index (χ3v) is 2.25. The summed E-state index contributed by atoms with van der Waals surface area (Å²) in [5, 5.41) is 0.962. The first-order valence-corrected chi connectivity index (χ1v) is 4.74. The number of nitrogens with zero attached hydrogens (tertiary/aromatic N) is 1. The van der Waals surface area contributed by atoms with E-state index in [9.17, 15) is 0 Å². The van der Waals surface area contributed by atoms with E-state index in [2.05, 4.69) is 20.9 Å². The van der Waals surface area contributed by atoms with E-state index < -0.39 is 0 Å². The fourth-order valence-corrected chi connectivity index (χ4v) is 1.48. The standard InChI is InChI=1S/C7H12BrNO/c1-2-10-7-4-3-6(5-8)9-7/h6H,2-5H2,1H3/t6-/m0/s1. The van der Waals surface area contributed by atoms with Crippen LogP contribution in [0.5, 0.6) is 0 Å². The van der Waals surface area contributed by atoms with Crippen LogP contribution in [0.1, 0.15) is 19.8 Å². The topological polar surface area (TPSA) is 21.6 Å². The van der Waals surface area contributed by atoms with Gasteiger partial charge < -0.3 is 4.74 Å². The Hall–Kier alpha value is -0.0500. The maximum atomic E-state index is 5.26. The number of ether oxygens (including phenoxy) is 1. The lowest BCUT2D eigenvalue weighted by molar-refractivity contribution is 0.321. The van der Waals surface area contributed by atoms with Crippen molar-refractivity contribution >= 4 is 21.8 Å². The smallest absolute Gasteiger partial charge is 0.183 e. The van der Waals surface area contributed by atoms with Crippen LogP contribution >= 0.6 is 15.9 Å². The third kappa shape index (κ3) is 1.97. The molecule has 0 aromatic heterocycles. The van der Waals surface area contributed by atoms with Gasteiger partial charge in [0.2, 0.25) is 0 Å². The first kappa shape index (κ1) is 8.05. The monoisotopic (exact) mass is 205 g/mol. The van der Waals surface area contributed by atoms with Gasteiger partial charge in [-0.25, -0.2) is 0 Å². The first-order valence-electron chi connectivity index (χ1n) is 3.62. The SMILES string of the molecule is CCOC1=N[C@H](CBr)CC1. The van der Waals surface area contributed by atoms with Gasteiger partial charge in [-0.05, 0) is 13.3 Å². The van der Waals surface area contributed by atoms with Gasteiger partial charge in [-0.1, -0.05) is 15.9 Å². The molecule has 0 bridgehead atoms. The largest absolute Gasteiger partial charge is 0.481 e. The van der Waals surface area contributed by atoms with Gasteiger partial charge in [-0.3, -0.25) is 4.99 Å². The molecule has 0 saturated carbocycles. The molecule has 1 heterocycles. The van der Waals surface area contributed by atoms with Crippen LogP contribution in [0.3, 0.4) is 0 Å². The molecular weight excluding hydrogens is 194 g/mol. The van der Waals surface area contributed by atoms with Crippen LogP contribution in [0.25, 0.3) is 0 Å². The summed E-state index contributed by atoms with van der Waals surface area (Å²) in [5.41, 5.74) is 0. The van der Waals surface area contributed by atoms with Crippen LogP contribution in [0.2, 0.25) is 0 Å². The lowest BCUT2D eigenvalue weighted by Gasteiger charge is -1.98. The molecule has 1 atom stereocenters. The predicted molar refractivity (Wildman–Crippen MR) is 45.9 cm³/mol. The first-order chi connectivity index (χ1) is 4.86. The van der Waals surface area contributed by atoms with Crippen molar-refractivity contribution in [2.45, 2.75) is 25.8 Å². The Bertz CT molecular complexity index is 136. The highest BCUT2D eigenvalue weighted by molar-refractivity contribution is 9.09. The van der Waals surface area contributed by atoms with Crippen molar-refractivity contribution in [1.29, 1.82) is 0 Å². The number of aliphatic imine (C=N–C) groups is 1. The van der Waals surface area contributed by atoms with Crippen LogP contribution in [-0.4, -0.2) is 23.9 Å². The molecule has 0 fully saturated rings. The molecule has 10 heavy (non-hydrogen) atoms. The molecule has 1 aliphatic heterocycles. The lowest BCUT2D eigenvalue weighted by Crippen LogP contribution is -2.00. The second kappa shape index (κ2) is 3.96. The minimum Gasteiger partial charge on any atom is -0.481 e. The molecule has 58 valence electrons. The molecule has 0 aliphatic carbocycles. The fraction of sp³-hybridized carbons (Fsp3) is 0.857. The fourth-order valence-electron chi connectivity index (χ4n) is 1.01. The van der Waals surface area contributed by atoms with Crippen molar-refractivity contribution in [3.05, 3.63) is 0 Å². The Kier molecular flexibility index (Phi) is 3.19. The van der Waals surface area contributed by atoms with E-state index in [4.69, 9.17) is 4.74 Å². The molecule has 3 heteroatoms. The molecule has 0 unspecified atom stereocenters. The number of hydrogen-bond donors (Lipinski definition) is 0. The summed E-state index contributed by atoms with van der Waals surface area (Å²) in [6.07, 6.45) is 2.16. The van der Waals surface area contributed by atoms with E-state index in [1.54, 1.807) is 0 Å². The van der Waals surface area contributed by atoms with E-state index in [1.165, 1.54) is 0 Å². The zero-order valence-corrected chi connectivity index (χ0v) is 7.73. The molecule has 0 saturated heterocycles. The van der Waals surface area contributed by atoms with Gasteiger partial charge in [0.05, 0.1) is 12.6 Å². The Morgan fingerprint density at radius 3 is 3.10 bits per heavy atom. The molecule has 0 N–H and O–H groups in total. The number of rotatable bonds is 2. The molecule has 0 spiro atoms. The summed E-state index contributed by atoms with van der Waals surface area (Å²) in [6.45, 7) is 2.73. The molecular formula is C7H12BrNO. The zero-order valence-electron chi connectivity index (χ0n) is 6.14. The predicted octanol–water partition coefficient (Wildman–Crippen LogP) is 1.98. The summed E-state index contributed by atoms with van der Waals surface area (Å²) in [5.74, 6) is 0.937. The Morgan fingerprint density at radius 1 is 1.80 bits per heavy atom. The van der Waals surface area contributed by atoms with Crippen molar-refractivity contribution in [1.82, 2.24) is 0 Å². The maximum absolute atomic E-state index is 5.26. The summed E-state index contributed by atoms with van der Waals surface area (Å²) < 4.78 is 5.26. The Labute approximate surface area is 69.8 Å². The van der Waals surface area contributed by atoms with Crippen molar-refractivity contribution < 1.29 is 4.74 Å². The molecule has 1 aliphatic rings. The summed E-state index contributed by atoms with van der Waals surface area (Å²) in [7, 11) is 0. The molecule has 0 aromatic carbocycles. The molecule has 0 radical (unpaired) electrons. The zero-order chi connectivity index (χ0) is 7.40. The molecule has 0 aromatic rings. The minimum atomic E-state index is 0.460. The minimum absolute atomic E-state index is 0.460. The number of halogens is 1. The van der Waals surface area contributed by atoms with Crippen LogP contribution in [0.4, 0.5) is 0 Å². The van der Waals surface area contributed by atoms with Gasteiger partial charge in [-0.15, -0.1) is 0 Å². The van der Waals surface area contributed by atoms with E-state index in [-0.39, 0.29) is 0 Å². The van der Waals surface area contributed by atoms with Gasteiger partial charge in [0, 0.05) is 11.8 Å². The second-order valence-electron chi connectivity index (χ2n) is 2.30. The Morgan fingerprint density at radius 2 is 2.60 bits per heavy atom. The van der Waals surface area contributed by atoms with Crippen molar-refractivity contribution in [3.63, 3.8) is 0 Å². The van der Waals surface area contributed by atoms with Gasteiger partial charge in [-0.2, -0.15) is 0 Å². The van der Waals surface area contributed by atoms with E-state index in [0.717, 1.165) is 30.7 Å². The third-order valence-electron chi connectivity index (χ3n) is 1.51. The summed E-state index contributed by atoms with van der Waals surface area (Å²) in [4.78, 5) is 4.34. The van der Waals surface area contributed by atoms with Crippen molar-refractivity contribution in [2.24, 2.45) is 4.99 Å². The molecule has 1 rings (SSSR count). The van der Waals surface area contributed by atoms with Crippen molar-refractivity contribution in [3.8, 4) is 0 Å². The van der Waals surface area contributed by atoms with E-state index in [0.29, 0.717) is 6.04 Å². The van der Waals surface area contributed by atoms with Gasteiger partial charge in [0.25, 0.3) is 0 Å².